The molecule has 0 amide bonds. The predicted octanol–water partition coefficient (Wildman–Crippen LogP) is 0.763. The van der Waals surface area contributed by atoms with E-state index in [0.717, 1.165) is 44.5 Å². The number of anilines is 1. The Kier molecular flexibility index (Phi) is 9.96. The van der Waals surface area contributed by atoms with Gasteiger partial charge in [0.25, 0.3) is 0 Å². The van der Waals surface area contributed by atoms with Crippen molar-refractivity contribution in [2.75, 3.05) is 65.4 Å². The van der Waals surface area contributed by atoms with Crippen molar-refractivity contribution in [3.63, 3.8) is 0 Å². The smallest absolute Gasteiger partial charge is 0.191 e. The van der Waals surface area contributed by atoms with Crippen molar-refractivity contribution in [3.05, 3.63) is 23.9 Å². The van der Waals surface area contributed by atoms with Gasteiger partial charge < -0.3 is 25.2 Å². The van der Waals surface area contributed by atoms with E-state index in [9.17, 15) is 0 Å². The maximum Gasteiger partial charge on any atom is 0.191 e. The van der Waals surface area contributed by atoms with Gasteiger partial charge >= 0.3 is 0 Å². The van der Waals surface area contributed by atoms with Crippen LogP contribution in [0.4, 0.5) is 5.82 Å². The first-order chi connectivity index (χ1) is 11.2. The molecular formula is C16H29IN6O. The highest BCUT2D eigenvalue weighted by Crippen LogP contribution is 2.18. The average Bonchev–Trinajstić information content (AvgIpc) is 2.59. The van der Waals surface area contributed by atoms with Crippen LogP contribution < -0.4 is 15.5 Å². The van der Waals surface area contributed by atoms with Gasteiger partial charge in [0.1, 0.15) is 5.82 Å². The van der Waals surface area contributed by atoms with Gasteiger partial charge in [0.15, 0.2) is 5.96 Å². The third-order valence-corrected chi connectivity index (χ3v) is 3.94. The van der Waals surface area contributed by atoms with E-state index < -0.39 is 0 Å². The number of piperazine rings is 1. The van der Waals surface area contributed by atoms with Gasteiger partial charge in [-0.25, -0.2) is 4.98 Å². The van der Waals surface area contributed by atoms with E-state index in [1.165, 1.54) is 5.56 Å². The molecule has 136 valence electrons. The summed E-state index contributed by atoms with van der Waals surface area (Å²) in [5.74, 6) is 1.84. The van der Waals surface area contributed by atoms with Crippen LogP contribution >= 0.6 is 24.0 Å². The molecule has 0 saturated carbocycles. The summed E-state index contributed by atoms with van der Waals surface area (Å²) in [6.07, 6.45) is 1.86. The molecule has 1 aliphatic heterocycles. The minimum Gasteiger partial charge on any atom is -0.383 e. The Bertz CT molecular complexity index is 505. The zero-order chi connectivity index (χ0) is 16.5. The monoisotopic (exact) mass is 448 g/mol. The average molecular weight is 448 g/mol. The molecule has 24 heavy (non-hydrogen) atoms. The minimum atomic E-state index is 0. The zero-order valence-electron chi connectivity index (χ0n) is 14.8. The molecule has 0 spiro atoms. The number of aromatic nitrogens is 1. The molecule has 1 saturated heterocycles. The summed E-state index contributed by atoms with van der Waals surface area (Å²) in [6, 6.07) is 4.10. The molecule has 2 rings (SSSR count). The summed E-state index contributed by atoms with van der Waals surface area (Å²) in [5, 5.41) is 6.56. The third kappa shape index (κ3) is 6.40. The van der Waals surface area contributed by atoms with Gasteiger partial charge in [0.05, 0.1) is 6.61 Å². The Morgan fingerprint density at radius 2 is 2.04 bits per heavy atom. The van der Waals surface area contributed by atoms with Gasteiger partial charge in [-0.2, -0.15) is 0 Å². The van der Waals surface area contributed by atoms with Crippen LogP contribution in [0.3, 0.4) is 0 Å². The summed E-state index contributed by atoms with van der Waals surface area (Å²) >= 11 is 0. The van der Waals surface area contributed by atoms with E-state index in [2.05, 4.69) is 43.5 Å². The number of hydrogen-bond donors (Lipinski definition) is 2. The second-order valence-corrected chi connectivity index (χ2v) is 5.62. The van der Waals surface area contributed by atoms with Crippen molar-refractivity contribution >= 4 is 35.8 Å². The Labute approximate surface area is 161 Å². The summed E-state index contributed by atoms with van der Waals surface area (Å²) in [6.45, 7) is 6.26. The SMILES string of the molecule is CN=C(NCCOC)NCc1cccnc1N1CCN(C)CC1.I. The number of pyridine rings is 1. The van der Waals surface area contributed by atoms with E-state index >= 15 is 0 Å². The number of nitrogens with zero attached hydrogens (tertiary/aromatic N) is 4. The second kappa shape index (κ2) is 11.4. The third-order valence-electron chi connectivity index (χ3n) is 3.94. The Morgan fingerprint density at radius 1 is 1.29 bits per heavy atom. The fourth-order valence-electron chi connectivity index (χ4n) is 2.54. The molecule has 0 radical (unpaired) electrons. The van der Waals surface area contributed by atoms with Crippen LogP contribution in [-0.2, 0) is 11.3 Å². The van der Waals surface area contributed by atoms with Gasteiger partial charge in [0, 0.05) is 65.2 Å². The summed E-state index contributed by atoms with van der Waals surface area (Å²) in [5.41, 5.74) is 1.19. The molecule has 1 aromatic heterocycles. The van der Waals surface area contributed by atoms with E-state index in [1.807, 2.05) is 12.3 Å². The number of guanidine groups is 1. The number of hydrogen-bond acceptors (Lipinski definition) is 5. The molecule has 1 fully saturated rings. The van der Waals surface area contributed by atoms with Crippen molar-refractivity contribution in [2.45, 2.75) is 6.54 Å². The van der Waals surface area contributed by atoms with Crippen molar-refractivity contribution < 1.29 is 4.74 Å². The number of nitrogens with one attached hydrogen (secondary N) is 2. The molecule has 1 aliphatic rings. The molecule has 8 heteroatoms. The highest BCUT2D eigenvalue weighted by molar-refractivity contribution is 14.0. The molecular weight excluding hydrogens is 419 g/mol. The molecule has 1 aromatic rings. The first kappa shape index (κ1) is 20.9. The van der Waals surface area contributed by atoms with E-state index in [4.69, 9.17) is 4.74 Å². The number of ether oxygens (including phenoxy) is 1. The molecule has 0 aliphatic carbocycles. The molecule has 7 nitrogen and oxygen atoms in total. The van der Waals surface area contributed by atoms with Gasteiger partial charge in [0.2, 0.25) is 0 Å². The van der Waals surface area contributed by atoms with Gasteiger partial charge in [-0.1, -0.05) is 6.07 Å². The van der Waals surface area contributed by atoms with Crippen LogP contribution in [0.2, 0.25) is 0 Å². The van der Waals surface area contributed by atoms with Crippen molar-refractivity contribution in [1.82, 2.24) is 20.5 Å². The standard InChI is InChI=1S/C16H28N6O.HI/c1-17-16(19-7-12-23-3)20-13-14-5-4-6-18-15(14)22-10-8-21(2)9-11-22;/h4-6H,7-13H2,1-3H3,(H2,17,19,20);1H. The van der Waals surface area contributed by atoms with Crippen molar-refractivity contribution in [1.29, 1.82) is 0 Å². The molecule has 0 atom stereocenters. The quantitative estimate of drug-likeness (QED) is 0.290. The lowest BCUT2D eigenvalue weighted by molar-refractivity contribution is 0.203. The normalized spacial score (nSPS) is 15.8. The van der Waals surface area contributed by atoms with Crippen LogP contribution in [0.25, 0.3) is 0 Å². The van der Waals surface area contributed by atoms with Gasteiger partial charge in [-0.05, 0) is 13.1 Å². The predicted molar refractivity (Wildman–Crippen MR) is 109 cm³/mol. The topological polar surface area (TPSA) is 65.0 Å². The molecule has 2 heterocycles. The van der Waals surface area contributed by atoms with Gasteiger partial charge in [-0.3, -0.25) is 4.99 Å². The number of aliphatic imine (C=N–C) groups is 1. The Hall–Kier alpha value is -1.13. The first-order valence-corrected chi connectivity index (χ1v) is 8.05. The van der Waals surface area contributed by atoms with E-state index in [-0.39, 0.29) is 24.0 Å². The second-order valence-electron chi connectivity index (χ2n) is 5.62. The molecule has 0 aromatic carbocycles. The lowest BCUT2D eigenvalue weighted by Crippen LogP contribution is -2.45. The maximum absolute atomic E-state index is 5.04. The van der Waals surface area contributed by atoms with E-state index in [0.29, 0.717) is 13.2 Å². The molecule has 2 N–H and O–H groups in total. The van der Waals surface area contributed by atoms with E-state index in [1.54, 1.807) is 14.2 Å². The van der Waals surface area contributed by atoms with Crippen LogP contribution in [0, 0.1) is 0 Å². The van der Waals surface area contributed by atoms with Crippen LogP contribution in [0.5, 0.6) is 0 Å². The number of rotatable bonds is 6. The number of methoxy groups -OCH3 is 1. The maximum atomic E-state index is 5.04. The fourth-order valence-corrected chi connectivity index (χ4v) is 2.54. The summed E-state index contributed by atoms with van der Waals surface area (Å²) in [4.78, 5) is 13.5. The van der Waals surface area contributed by atoms with Crippen molar-refractivity contribution in [2.24, 2.45) is 4.99 Å². The first-order valence-electron chi connectivity index (χ1n) is 8.05. The highest BCUT2D eigenvalue weighted by atomic mass is 127. The van der Waals surface area contributed by atoms with Gasteiger partial charge in [-0.15, -0.1) is 24.0 Å². The lowest BCUT2D eigenvalue weighted by Gasteiger charge is -2.34. The Morgan fingerprint density at radius 3 is 2.71 bits per heavy atom. The van der Waals surface area contributed by atoms with Crippen LogP contribution in [0.1, 0.15) is 5.56 Å². The summed E-state index contributed by atoms with van der Waals surface area (Å²) < 4.78 is 5.04. The summed E-state index contributed by atoms with van der Waals surface area (Å²) in [7, 11) is 5.62. The minimum absolute atomic E-state index is 0. The Balaban J connectivity index is 0.00000288. The zero-order valence-corrected chi connectivity index (χ0v) is 17.1. The number of likely N-dealkylation sites (N-methyl/N-ethyl adjacent to an activating group) is 1. The molecule has 0 unspecified atom stereocenters. The lowest BCUT2D eigenvalue weighted by atomic mass is 10.2. The van der Waals surface area contributed by atoms with Crippen LogP contribution in [0.15, 0.2) is 23.3 Å². The highest BCUT2D eigenvalue weighted by Gasteiger charge is 2.17. The molecule has 0 bridgehead atoms. The number of halogens is 1. The fraction of sp³-hybridized carbons (Fsp3) is 0.625. The largest absolute Gasteiger partial charge is 0.383 e. The van der Waals surface area contributed by atoms with Crippen LogP contribution in [-0.4, -0.2) is 76.4 Å². The van der Waals surface area contributed by atoms with Crippen molar-refractivity contribution in [3.8, 4) is 0 Å².